The molecule has 21 heavy (non-hydrogen) atoms. The highest BCUT2D eigenvalue weighted by atomic mass is 127. The van der Waals surface area contributed by atoms with E-state index in [4.69, 9.17) is 10.5 Å². The topological polar surface area (TPSA) is 59.6 Å². The van der Waals surface area contributed by atoms with E-state index in [2.05, 4.69) is 10.3 Å². The minimum Gasteiger partial charge on any atom is -0.491 e. The van der Waals surface area contributed by atoms with Crippen LogP contribution in [-0.2, 0) is 0 Å². The molecule has 1 aliphatic rings. The number of guanidine groups is 1. The van der Waals surface area contributed by atoms with Crippen molar-refractivity contribution in [1.29, 1.82) is 0 Å². The number of halogens is 1. The van der Waals surface area contributed by atoms with Crippen LogP contribution in [0.5, 0.6) is 5.75 Å². The summed E-state index contributed by atoms with van der Waals surface area (Å²) in [6, 6.07) is 7.77. The van der Waals surface area contributed by atoms with Crippen LogP contribution in [0.1, 0.15) is 39.5 Å². The predicted molar refractivity (Wildman–Crippen MR) is 99.7 cm³/mol. The fourth-order valence-electron chi connectivity index (χ4n) is 2.23. The summed E-state index contributed by atoms with van der Waals surface area (Å²) in [5.74, 6) is 2.23. The summed E-state index contributed by atoms with van der Waals surface area (Å²) in [6.07, 6.45) is 5.45. The Hall–Kier alpha value is -0.980. The van der Waals surface area contributed by atoms with E-state index in [0.29, 0.717) is 5.96 Å². The quantitative estimate of drug-likeness (QED) is 0.429. The van der Waals surface area contributed by atoms with Crippen LogP contribution in [-0.4, -0.2) is 18.6 Å². The summed E-state index contributed by atoms with van der Waals surface area (Å²) < 4.78 is 5.59. The molecule has 1 aliphatic carbocycles. The molecule has 1 aromatic rings. The summed E-state index contributed by atoms with van der Waals surface area (Å²) in [4.78, 5) is 4.36. The number of hydrogen-bond donors (Lipinski definition) is 2. The maximum atomic E-state index is 5.88. The highest BCUT2D eigenvalue weighted by Gasteiger charge is 2.16. The lowest BCUT2D eigenvalue weighted by Crippen LogP contribution is -2.23. The number of benzene rings is 1. The Balaban J connectivity index is 0.00000220. The molecule has 0 saturated heterocycles. The zero-order valence-electron chi connectivity index (χ0n) is 12.8. The van der Waals surface area contributed by atoms with E-state index in [9.17, 15) is 0 Å². The van der Waals surface area contributed by atoms with Crippen LogP contribution in [0.15, 0.2) is 29.3 Å². The molecular weight excluding hydrogens is 377 g/mol. The van der Waals surface area contributed by atoms with Gasteiger partial charge < -0.3 is 15.8 Å². The molecule has 0 spiro atoms. The van der Waals surface area contributed by atoms with E-state index in [1.807, 2.05) is 38.1 Å². The van der Waals surface area contributed by atoms with Crippen molar-refractivity contribution in [3.05, 3.63) is 24.3 Å². The number of nitrogens with two attached hydrogens (primary N) is 1. The first-order chi connectivity index (χ1) is 9.63. The minimum atomic E-state index is 0. The van der Waals surface area contributed by atoms with Gasteiger partial charge in [-0.1, -0.05) is 19.3 Å². The largest absolute Gasteiger partial charge is 0.491 e. The summed E-state index contributed by atoms with van der Waals surface area (Å²) >= 11 is 0. The van der Waals surface area contributed by atoms with Crippen LogP contribution in [0.3, 0.4) is 0 Å². The molecule has 0 aliphatic heterocycles. The van der Waals surface area contributed by atoms with Crippen molar-refractivity contribution in [2.24, 2.45) is 16.6 Å². The van der Waals surface area contributed by atoms with Gasteiger partial charge in [0.1, 0.15) is 5.75 Å². The Bertz CT molecular complexity index is 441. The summed E-state index contributed by atoms with van der Waals surface area (Å²) in [6.45, 7) is 4.84. The number of rotatable bonds is 6. The number of nitrogens with one attached hydrogen (secondary N) is 1. The van der Waals surface area contributed by atoms with Gasteiger partial charge in [-0.3, -0.25) is 4.99 Å². The van der Waals surface area contributed by atoms with E-state index in [1.165, 1.54) is 19.3 Å². The molecule has 0 heterocycles. The van der Waals surface area contributed by atoms with E-state index in [0.717, 1.165) is 30.3 Å². The number of anilines is 1. The van der Waals surface area contributed by atoms with Crippen molar-refractivity contribution in [3.8, 4) is 5.75 Å². The van der Waals surface area contributed by atoms with Crippen LogP contribution in [0.2, 0.25) is 0 Å². The molecule has 1 aromatic carbocycles. The lowest BCUT2D eigenvalue weighted by atomic mass is 9.83. The van der Waals surface area contributed by atoms with Crippen molar-refractivity contribution in [3.63, 3.8) is 0 Å². The predicted octanol–water partition coefficient (Wildman–Crippen LogP) is 4.01. The first-order valence-electron chi connectivity index (χ1n) is 7.47. The van der Waals surface area contributed by atoms with Crippen molar-refractivity contribution >= 4 is 35.6 Å². The van der Waals surface area contributed by atoms with Gasteiger partial charge in [0.2, 0.25) is 0 Å². The van der Waals surface area contributed by atoms with Gasteiger partial charge in [-0.05, 0) is 50.5 Å². The fraction of sp³-hybridized carbons (Fsp3) is 0.562. The maximum Gasteiger partial charge on any atom is 0.193 e. The summed E-state index contributed by atoms with van der Waals surface area (Å²) in [7, 11) is 0. The molecule has 118 valence electrons. The van der Waals surface area contributed by atoms with Crippen LogP contribution in [0.25, 0.3) is 0 Å². The lowest BCUT2D eigenvalue weighted by molar-refractivity contribution is 0.242. The monoisotopic (exact) mass is 403 g/mol. The summed E-state index contributed by atoms with van der Waals surface area (Å²) in [5.41, 5.74) is 6.81. The molecular formula is C16H26IN3O. The number of aliphatic imine (C=N–C) groups is 1. The second kappa shape index (κ2) is 9.12. The second-order valence-corrected chi connectivity index (χ2v) is 5.67. The lowest BCUT2D eigenvalue weighted by Gasteiger charge is -2.24. The van der Waals surface area contributed by atoms with Gasteiger partial charge in [0.15, 0.2) is 5.96 Å². The number of ether oxygens (including phenoxy) is 1. The second-order valence-electron chi connectivity index (χ2n) is 5.67. The average molecular weight is 403 g/mol. The fourth-order valence-corrected chi connectivity index (χ4v) is 2.23. The molecule has 0 amide bonds. The standard InChI is InChI=1S/C16H25N3O.HI/c1-12(2)20-15-8-6-14(7-9-15)19-16(17)18-11-10-13-4-3-5-13;/h6-9,12-13H,3-5,10-11H2,1-2H3,(H3,17,18,19);1H. The Morgan fingerprint density at radius 3 is 2.52 bits per heavy atom. The molecule has 0 atom stereocenters. The van der Waals surface area contributed by atoms with Gasteiger partial charge >= 0.3 is 0 Å². The van der Waals surface area contributed by atoms with Gasteiger partial charge in [0.25, 0.3) is 0 Å². The zero-order chi connectivity index (χ0) is 14.4. The highest BCUT2D eigenvalue weighted by Crippen LogP contribution is 2.29. The van der Waals surface area contributed by atoms with E-state index in [-0.39, 0.29) is 30.1 Å². The van der Waals surface area contributed by atoms with Crippen molar-refractivity contribution in [1.82, 2.24) is 0 Å². The van der Waals surface area contributed by atoms with Gasteiger partial charge in [-0.15, -0.1) is 24.0 Å². The molecule has 4 nitrogen and oxygen atoms in total. The van der Waals surface area contributed by atoms with Crippen LogP contribution in [0.4, 0.5) is 5.69 Å². The van der Waals surface area contributed by atoms with Crippen LogP contribution >= 0.6 is 24.0 Å². The van der Waals surface area contributed by atoms with Gasteiger partial charge in [0.05, 0.1) is 6.10 Å². The third kappa shape index (κ3) is 6.54. The Kier molecular flexibility index (Phi) is 7.85. The summed E-state index contributed by atoms with van der Waals surface area (Å²) in [5, 5.41) is 3.10. The first kappa shape index (κ1) is 18.1. The van der Waals surface area contributed by atoms with E-state index in [1.54, 1.807) is 0 Å². The molecule has 1 saturated carbocycles. The van der Waals surface area contributed by atoms with Crippen molar-refractivity contribution in [2.75, 3.05) is 11.9 Å². The highest BCUT2D eigenvalue weighted by molar-refractivity contribution is 14.0. The minimum absolute atomic E-state index is 0. The molecule has 0 aromatic heterocycles. The Labute approximate surface area is 144 Å². The molecule has 3 N–H and O–H groups in total. The first-order valence-corrected chi connectivity index (χ1v) is 7.47. The van der Waals surface area contributed by atoms with Crippen LogP contribution < -0.4 is 15.8 Å². The molecule has 2 rings (SSSR count). The van der Waals surface area contributed by atoms with Crippen molar-refractivity contribution < 1.29 is 4.74 Å². The van der Waals surface area contributed by atoms with Gasteiger partial charge in [0, 0.05) is 12.2 Å². The molecule has 1 fully saturated rings. The van der Waals surface area contributed by atoms with E-state index >= 15 is 0 Å². The molecule has 5 heteroatoms. The molecule has 0 radical (unpaired) electrons. The van der Waals surface area contributed by atoms with Gasteiger partial charge in [-0.25, -0.2) is 0 Å². The van der Waals surface area contributed by atoms with Gasteiger partial charge in [-0.2, -0.15) is 0 Å². The third-order valence-corrected chi connectivity index (χ3v) is 3.54. The Morgan fingerprint density at radius 2 is 2.00 bits per heavy atom. The molecule has 0 bridgehead atoms. The smallest absolute Gasteiger partial charge is 0.193 e. The number of nitrogens with zero attached hydrogens (tertiary/aromatic N) is 1. The van der Waals surface area contributed by atoms with Crippen LogP contribution in [0, 0.1) is 5.92 Å². The number of hydrogen-bond acceptors (Lipinski definition) is 2. The van der Waals surface area contributed by atoms with Crippen molar-refractivity contribution in [2.45, 2.75) is 45.6 Å². The Morgan fingerprint density at radius 1 is 1.33 bits per heavy atom. The maximum absolute atomic E-state index is 5.88. The average Bonchev–Trinajstić information content (AvgIpc) is 2.34. The normalized spacial score (nSPS) is 15.3. The molecule has 0 unspecified atom stereocenters. The zero-order valence-corrected chi connectivity index (χ0v) is 15.2. The third-order valence-electron chi connectivity index (χ3n) is 3.54. The van der Waals surface area contributed by atoms with E-state index < -0.39 is 0 Å². The SMILES string of the molecule is CC(C)Oc1ccc(NC(N)=NCCC2CCC2)cc1.I.